The van der Waals surface area contributed by atoms with Gasteiger partial charge in [-0.25, -0.2) is 0 Å². The Morgan fingerprint density at radius 1 is 1.04 bits per heavy atom. The fourth-order valence-electron chi connectivity index (χ4n) is 2.37. The lowest BCUT2D eigenvalue weighted by Crippen LogP contribution is -2.43. The Morgan fingerprint density at radius 2 is 1.71 bits per heavy atom. The molecule has 0 spiro atoms. The van der Waals surface area contributed by atoms with Crippen LogP contribution in [0.1, 0.15) is 12.5 Å². The molecule has 0 bridgehead atoms. The van der Waals surface area contributed by atoms with Crippen molar-refractivity contribution in [2.75, 3.05) is 11.9 Å². The highest BCUT2D eigenvalue weighted by Gasteiger charge is 2.17. The number of ether oxygens (including phenoxy) is 1. The summed E-state index contributed by atoms with van der Waals surface area (Å²) in [5, 5.41) is 14.4. The summed E-state index contributed by atoms with van der Waals surface area (Å²) in [4.78, 5) is 24.2. The van der Waals surface area contributed by atoms with E-state index >= 15 is 0 Å². The molecule has 1 atom stereocenters. The fourth-order valence-corrected chi connectivity index (χ4v) is 3.12. The summed E-state index contributed by atoms with van der Waals surface area (Å²) >= 11 is 1.27. The SMILES string of the molecule is CC(NC(=O)COCc1ccccc1)C(=O)Nc1nnc(-c2ccccc2)s1. The number of carbonyl (C=O) groups is 2. The first kappa shape index (κ1) is 19.7. The van der Waals surface area contributed by atoms with E-state index < -0.39 is 6.04 Å². The number of amides is 2. The molecule has 2 amide bonds. The van der Waals surface area contributed by atoms with Crippen molar-refractivity contribution in [3.05, 3.63) is 66.2 Å². The predicted octanol–water partition coefficient (Wildman–Crippen LogP) is 2.87. The molecule has 1 aromatic heterocycles. The van der Waals surface area contributed by atoms with Crippen LogP contribution >= 0.6 is 11.3 Å². The molecule has 1 heterocycles. The average molecular weight is 396 g/mol. The first-order valence-electron chi connectivity index (χ1n) is 8.72. The van der Waals surface area contributed by atoms with Crippen LogP contribution in [0.4, 0.5) is 5.13 Å². The van der Waals surface area contributed by atoms with E-state index in [0.717, 1.165) is 11.1 Å². The van der Waals surface area contributed by atoms with E-state index in [4.69, 9.17) is 4.74 Å². The quantitative estimate of drug-likeness (QED) is 0.611. The number of benzene rings is 2. The van der Waals surface area contributed by atoms with Gasteiger partial charge in [-0.15, -0.1) is 10.2 Å². The van der Waals surface area contributed by atoms with Crippen molar-refractivity contribution < 1.29 is 14.3 Å². The Kier molecular flexibility index (Phi) is 6.83. The Labute approximate surface area is 166 Å². The van der Waals surface area contributed by atoms with Crippen LogP contribution in [-0.2, 0) is 20.9 Å². The Bertz CT molecular complexity index is 915. The maximum atomic E-state index is 12.3. The molecule has 3 rings (SSSR count). The van der Waals surface area contributed by atoms with Gasteiger partial charge in [0.2, 0.25) is 16.9 Å². The second kappa shape index (κ2) is 9.72. The van der Waals surface area contributed by atoms with Crippen LogP contribution in [0.2, 0.25) is 0 Å². The molecule has 0 aliphatic carbocycles. The summed E-state index contributed by atoms with van der Waals surface area (Å²) in [6, 6.07) is 18.4. The molecule has 144 valence electrons. The molecule has 2 N–H and O–H groups in total. The fraction of sp³-hybridized carbons (Fsp3) is 0.200. The summed E-state index contributed by atoms with van der Waals surface area (Å²) in [5.74, 6) is -0.729. The molecule has 8 heteroatoms. The number of rotatable bonds is 8. The molecule has 0 saturated heterocycles. The molecule has 0 aliphatic rings. The van der Waals surface area contributed by atoms with Crippen molar-refractivity contribution in [3.8, 4) is 10.6 Å². The van der Waals surface area contributed by atoms with Gasteiger partial charge in [-0.2, -0.15) is 0 Å². The van der Waals surface area contributed by atoms with Gasteiger partial charge in [0.25, 0.3) is 0 Å². The number of nitrogens with one attached hydrogen (secondary N) is 2. The summed E-state index contributed by atoms with van der Waals surface area (Å²) in [6.45, 7) is 1.81. The Balaban J connectivity index is 1.44. The lowest BCUT2D eigenvalue weighted by atomic mass is 10.2. The van der Waals surface area contributed by atoms with Crippen LogP contribution in [0.3, 0.4) is 0 Å². The van der Waals surface area contributed by atoms with E-state index in [9.17, 15) is 9.59 Å². The van der Waals surface area contributed by atoms with Gasteiger partial charge in [0, 0.05) is 5.56 Å². The van der Waals surface area contributed by atoms with Crippen LogP contribution in [-0.4, -0.2) is 34.7 Å². The van der Waals surface area contributed by atoms with Gasteiger partial charge < -0.3 is 10.1 Å². The molecule has 0 radical (unpaired) electrons. The van der Waals surface area contributed by atoms with Crippen LogP contribution in [0.15, 0.2) is 60.7 Å². The monoisotopic (exact) mass is 396 g/mol. The lowest BCUT2D eigenvalue weighted by molar-refractivity contribution is -0.129. The Morgan fingerprint density at radius 3 is 2.43 bits per heavy atom. The summed E-state index contributed by atoms with van der Waals surface area (Å²) in [7, 11) is 0. The third-order valence-corrected chi connectivity index (χ3v) is 4.68. The number of hydrogen-bond donors (Lipinski definition) is 2. The summed E-state index contributed by atoms with van der Waals surface area (Å²) in [6.07, 6.45) is 0. The van der Waals surface area contributed by atoms with Crippen molar-refractivity contribution in [3.63, 3.8) is 0 Å². The van der Waals surface area contributed by atoms with Gasteiger partial charge in [-0.05, 0) is 12.5 Å². The molecule has 3 aromatic rings. The van der Waals surface area contributed by atoms with Crippen molar-refractivity contribution >= 4 is 28.3 Å². The number of aromatic nitrogens is 2. The van der Waals surface area contributed by atoms with E-state index in [-0.39, 0.29) is 18.4 Å². The molecular formula is C20H20N4O3S. The molecular weight excluding hydrogens is 376 g/mol. The first-order valence-corrected chi connectivity index (χ1v) is 9.54. The zero-order valence-electron chi connectivity index (χ0n) is 15.3. The number of anilines is 1. The van der Waals surface area contributed by atoms with Gasteiger partial charge in [0.1, 0.15) is 17.7 Å². The second-order valence-corrected chi connectivity index (χ2v) is 7.01. The number of nitrogens with zero attached hydrogens (tertiary/aromatic N) is 2. The highest BCUT2D eigenvalue weighted by molar-refractivity contribution is 7.18. The van der Waals surface area contributed by atoms with Crippen molar-refractivity contribution in [2.24, 2.45) is 0 Å². The minimum absolute atomic E-state index is 0.122. The third-order valence-electron chi connectivity index (χ3n) is 3.79. The minimum atomic E-state index is -0.725. The Hall–Kier alpha value is -3.10. The maximum Gasteiger partial charge on any atom is 0.248 e. The molecule has 2 aromatic carbocycles. The van der Waals surface area contributed by atoms with Crippen LogP contribution < -0.4 is 10.6 Å². The molecule has 0 fully saturated rings. The summed E-state index contributed by atoms with van der Waals surface area (Å²) < 4.78 is 5.37. The lowest BCUT2D eigenvalue weighted by Gasteiger charge is -2.13. The van der Waals surface area contributed by atoms with Gasteiger partial charge >= 0.3 is 0 Å². The molecule has 0 aliphatic heterocycles. The average Bonchev–Trinajstić information content (AvgIpc) is 3.18. The standard InChI is InChI=1S/C20H20N4O3S/c1-14(21-17(25)13-27-12-15-8-4-2-5-9-15)18(26)22-20-24-23-19(28-20)16-10-6-3-7-11-16/h2-11,14H,12-13H2,1H3,(H,21,25)(H,22,24,26). The zero-order valence-corrected chi connectivity index (χ0v) is 16.1. The van der Waals surface area contributed by atoms with Crippen LogP contribution in [0, 0.1) is 0 Å². The number of carbonyl (C=O) groups excluding carboxylic acids is 2. The second-order valence-electron chi connectivity index (χ2n) is 6.04. The van der Waals surface area contributed by atoms with E-state index in [1.54, 1.807) is 6.92 Å². The van der Waals surface area contributed by atoms with Crippen molar-refractivity contribution in [1.29, 1.82) is 0 Å². The minimum Gasteiger partial charge on any atom is -0.367 e. The van der Waals surface area contributed by atoms with E-state index in [1.807, 2.05) is 60.7 Å². The van der Waals surface area contributed by atoms with Crippen LogP contribution in [0.25, 0.3) is 10.6 Å². The van der Waals surface area contributed by atoms with E-state index in [2.05, 4.69) is 20.8 Å². The molecule has 7 nitrogen and oxygen atoms in total. The maximum absolute atomic E-state index is 12.3. The van der Waals surface area contributed by atoms with E-state index in [1.165, 1.54) is 11.3 Å². The molecule has 1 unspecified atom stereocenters. The zero-order chi connectivity index (χ0) is 19.8. The molecule has 28 heavy (non-hydrogen) atoms. The largest absolute Gasteiger partial charge is 0.367 e. The van der Waals surface area contributed by atoms with Gasteiger partial charge in [-0.1, -0.05) is 72.0 Å². The smallest absolute Gasteiger partial charge is 0.248 e. The van der Waals surface area contributed by atoms with Crippen LogP contribution in [0.5, 0.6) is 0 Å². The predicted molar refractivity (Wildman–Crippen MR) is 108 cm³/mol. The van der Waals surface area contributed by atoms with Crippen molar-refractivity contribution in [2.45, 2.75) is 19.6 Å². The normalized spacial score (nSPS) is 11.6. The van der Waals surface area contributed by atoms with E-state index in [0.29, 0.717) is 16.7 Å². The number of hydrogen-bond acceptors (Lipinski definition) is 6. The van der Waals surface area contributed by atoms with Crippen molar-refractivity contribution in [1.82, 2.24) is 15.5 Å². The molecule has 0 saturated carbocycles. The van der Waals surface area contributed by atoms with Gasteiger partial charge in [0.15, 0.2) is 0 Å². The van der Waals surface area contributed by atoms with Gasteiger partial charge in [0.05, 0.1) is 6.61 Å². The third kappa shape index (κ3) is 5.70. The summed E-state index contributed by atoms with van der Waals surface area (Å²) in [5.41, 5.74) is 1.91. The van der Waals surface area contributed by atoms with Gasteiger partial charge in [-0.3, -0.25) is 14.9 Å². The first-order chi connectivity index (χ1) is 13.6. The highest BCUT2D eigenvalue weighted by atomic mass is 32.1. The highest BCUT2D eigenvalue weighted by Crippen LogP contribution is 2.25. The topological polar surface area (TPSA) is 93.2 Å².